The van der Waals surface area contributed by atoms with Crippen molar-refractivity contribution in [2.24, 2.45) is 0 Å². The third-order valence-electron chi connectivity index (χ3n) is 4.03. The molecule has 1 amide bonds. The molecule has 0 aliphatic carbocycles. The Morgan fingerprint density at radius 3 is 2.53 bits per heavy atom. The van der Waals surface area contributed by atoms with Crippen molar-refractivity contribution in [2.45, 2.75) is 71.5 Å². The zero-order valence-corrected chi connectivity index (χ0v) is 13.0. The van der Waals surface area contributed by atoms with Crippen LogP contribution in [0.25, 0.3) is 0 Å². The Morgan fingerprint density at radius 1 is 1.32 bits per heavy atom. The van der Waals surface area contributed by atoms with Crippen molar-refractivity contribution in [1.82, 2.24) is 15.5 Å². The molecule has 2 N–H and O–H groups in total. The minimum Gasteiger partial charge on any atom is -0.342 e. The Balaban J connectivity index is 2.33. The van der Waals surface area contributed by atoms with Gasteiger partial charge >= 0.3 is 0 Å². The molecule has 0 spiro atoms. The van der Waals surface area contributed by atoms with Crippen LogP contribution in [0.5, 0.6) is 0 Å². The average molecular weight is 269 g/mol. The lowest BCUT2D eigenvalue weighted by Gasteiger charge is -2.29. The number of hydrogen-bond donors (Lipinski definition) is 2. The van der Waals surface area contributed by atoms with Gasteiger partial charge in [-0.15, -0.1) is 0 Å². The molecule has 0 aromatic heterocycles. The van der Waals surface area contributed by atoms with E-state index in [0.717, 1.165) is 26.1 Å². The largest absolute Gasteiger partial charge is 0.342 e. The summed E-state index contributed by atoms with van der Waals surface area (Å²) in [6.45, 7) is 11.0. The second-order valence-electron chi connectivity index (χ2n) is 5.68. The van der Waals surface area contributed by atoms with E-state index in [2.05, 4.69) is 17.6 Å². The number of carbonyl (C=O) groups excluding carboxylic acids is 1. The van der Waals surface area contributed by atoms with Crippen molar-refractivity contribution in [3.05, 3.63) is 0 Å². The molecule has 0 radical (unpaired) electrons. The van der Waals surface area contributed by atoms with Crippen LogP contribution in [0.15, 0.2) is 0 Å². The maximum atomic E-state index is 12.2. The van der Waals surface area contributed by atoms with Crippen LogP contribution >= 0.6 is 0 Å². The number of amides is 1. The fourth-order valence-corrected chi connectivity index (χ4v) is 2.93. The van der Waals surface area contributed by atoms with Crippen LogP contribution in [-0.4, -0.2) is 48.6 Å². The predicted molar refractivity (Wildman–Crippen MR) is 80.2 cm³/mol. The van der Waals surface area contributed by atoms with Crippen LogP contribution in [0, 0.1) is 0 Å². The van der Waals surface area contributed by atoms with Crippen LogP contribution in [0.4, 0.5) is 0 Å². The van der Waals surface area contributed by atoms with E-state index in [1.165, 1.54) is 19.3 Å². The Morgan fingerprint density at radius 2 is 2.00 bits per heavy atom. The molecule has 112 valence electrons. The summed E-state index contributed by atoms with van der Waals surface area (Å²) in [5.41, 5.74) is 0. The molecule has 3 atom stereocenters. The molecule has 0 aromatic rings. The molecule has 1 fully saturated rings. The molecular formula is C15H31N3O. The maximum absolute atomic E-state index is 12.2. The highest BCUT2D eigenvalue weighted by molar-refractivity contribution is 5.81. The normalized spacial score (nSPS) is 22.8. The number of rotatable bonds is 7. The first-order chi connectivity index (χ1) is 9.08. The lowest BCUT2D eigenvalue weighted by molar-refractivity contribution is -0.132. The summed E-state index contributed by atoms with van der Waals surface area (Å²) in [5, 5.41) is 7.01. The molecule has 19 heavy (non-hydrogen) atoms. The number of piperidine rings is 1. The third-order valence-corrected chi connectivity index (χ3v) is 4.03. The summed E-state index contributed by atoms with van der Waals surface area (Å²) < 4.78 is 0. The van der Waals surface area contributed by atoms with Gasteiger partial charge in [-0.1, -0.05) is 6.42 Å². The van der Waals surface area contributed by atoms with Crippen LogP contribution in [0.3, 0.4) is 0 Å². The molecular weight excluding hydrogens is 238 g/mol. The van der Waals surface area contributed by atoms with Crippen LogP contribution in [-0.2, 0) is 4.79 Å². The van der Waals surface area contributed by atoms with E-state index in [1.54, 1.807) is 0 Å². The van der Waals surface area contributed by atoms with Crippen molar-refractivity contribution in [3.63, 3.8) is 0 Å². The molecule has 0 aromatic carbocycles. The van der Waals surface area contributed by atoms with Gasteiger partial charge in [0.2, 0.25) is 5.91 Å². The van der Waals surface area contributed by atoms with E-state index in [0.29, 0.717) is 12.1 Å². The molecule has 3 unspecified atom stereocenters. The minimum absolute atomic E-state index is 0.0847. The molecule has 0 bridgehead atoms. The number of nitrogens with zero attached hydrogens (tertiary/aromatic N) is 1. The Bertz CT molecular complexity index is 260. The van der Waals surface area contributed by atoms with Gasteiger partial charge in [0.1, 0.15) is 0 Å². The molecule has 1 saturated heterocycles. The molecule has 1 rings (SSSR count). The highest BCUT2D eigenvalue weighted by Crippen LogP contribution is 2.12. The molecule has 1 heterocycles. The quantitative estimate of drug-likeness (QED) is 0.740. The first kappa shape index (κ1) is 16.4. The van der Waals surface area contributed by atoms with Crippen LogP contribution < -0.4 is 10.6 Å². The summed E-state index contributed by atoms with van der Waals surface area (Å²) in [6, 6.07) is 0.913. The smallest absolute Gasteiger partial charge is 0.239 e. The fraction of sp³-hybridized carbons (Fsp3) is 0.933. The van der Waals surface area contributed by atoms with Gasteiger partial charge in [-0.3, -0.25) is 4.79 Å². The predicted octanol–water partition coefficient (Wildman–Crippen LogP) is 1.75. The first-order valence-electron chi connectivity index (χ1n) is 7.86. The van der Waals surface area contributed by atoms with E-state index in [-0.39, 0.29) is 11.9 Å². The summed E-state index contributed by atoms with van der Waals surface area (Å²) in [7, 11) is 0. The average Bonchev–Trinajstić information content (AvgIpc) is 2.40. The fourth-order valence-electron chi connectivity index (χ4n) is 2.93. The van der Waals surface area contributed by atoms with Crippen molar-refractivity contribution in [3.8, 4) is 0 Å². The van der Waals surface area contributed by atoms with Gasteiger partial charge in [-0.05, 0) is 53.5 Å². The van der Waals surface area contributed by atoms with Crippen molar-refractivity contribution >= 4 is 5.91 Å². The van der Waals surface area contributed by atoms with Crippen molar-refractivity contribution in [2.75, 3.05) is 19.6 Å². The Hall–Kier alpha value is -0.610. The summed E-state index contributed by atoms with van der Waals surface area (Å²) in [5.74, 6) is 0.216. The van der Waals surface area contributed by atoms with Gasteiger partial charge in [0.05, 0.1) is 6.04 Å². The number of hydrogen-bond acceptors (Lipinski definition) is 3. The second kappa shape index (κ2) is 8.54. The molecule has 1 aliphatic heterocycles. The van der Waals surface area contributed by atoms with Crippen LogP contribution in [0.2, 0.25) is 0 Å². The lowest BCUT2D eigenvalue weighted by Crippen LogP contribution is -2.49. The lowest BCUT2D eigenvalue weighted by atomic mass is 9.98. The van der Waals surface area contributed by atoms with E-state index >= 15 is 0 Å². The minimum atomic E-state index is -0.0847. The summed E-state index contributed by atoms with van der Waals surface area (Å²) >= 11 is 0. The van der Waals surface area contributed by atoms with Crippen molar-refractivity contribution < 1.29 is 4.79 Å². The summed E-state index contributed by atoms with van der Waals surface area (Å²) in [4.78, 5) is 14.1. The zero-order valence-electron chi connectivity index (χ0n) is 13.0. The highest BCUT2D eigenvalue weighted by Gasteiger charge is 2.21. The summed E-state index contributed by atoms with van der Waals surface area (Å²) in [6.07, 6.45) is 5.01. The maximum Gasteiger partial charge on any atom is 0.239 e. The first-order valence-corrected chi connectivity index (χ1v) is 7.86. The zero-order chi connectivity index (χ0) is 14.3. The van der Waals surface area contributed by atoms with E-state index in [4.69, 9.17) is 0 Å². The molecule has 1 aliphatic rings. The monoisotopic (exact) mass is 269 g/mol. The third kappa shape index (κ3) is 5.49. The van der Waals surface area contributed by atoms with Gasteiger partial charge in [0.25, 0.3) is 0 Å². The SMILES string of the molecule is CCN(CC)C(=O)C(C)NC(C)CC1CCCCN1. The van der Waals surface area contributed by atoms with Gasteiger partial charge in [-0.2, -0.15) is 0 Å². The van der Waals surface area contributed by atoms with Crippen molar-refractivity contribution in [1.29, 1.82) is 0 Å². The number of carbonyl (C=O) groups is 1. The second-order valence-corrected chi connectivity index (χ2v) is 5.68. The van der Waals surface area contributed by atoms with Crippen LogP contribution in [0.1, 0.15) is 53.4 Å². The highest BCUT2D eigenvalue weighted by atomic mass is 16.2. The van der Waals surface area contributed by atoms with E-state index in [1.807, 2.05) is 25.7 Å². The van der Waals surface area contributed by atoms with E-state index in [9.17, 15) is 4.79 Å². The number of nitrogens with one attached hydrogen (secondary N) is 2. The van der Waals surface area contributed by atoms with Gasteiger partial charge in [0, 0.05) is 25.2 Å². The van der Waals surface area contributed by atoms with Gasteiger partial charge < -0.3 is 15.5 Å². The van der Waals surface area contributed by atoms with E-state index < -0.39 is 0 Å². The topological polar surface area (TPSA) is 44.4 Å². The number of likely N-dealkylation sites (N-methyl/N-ethyl adjacent to an activating group) is 1. The Labute approximate surface area is 118 Å². The standard InChI is InChI=1S/C15H31N3O/c1-5-18(6-2)15(19)13(4)17-12(3)11-14-9-7-8-10-16-14/h12-14,16-17H,5-11H2,1-4H3. The molecule has 0 saturated carbocycles. The van der Waals surface area contributed by atoms with Gasteiger partial charge in [-0.25, -0.2) is 0 Å². The Kier molecular flexibility index (Phi) is 7.39. The van der Waals surface area contributed by atoms with Gasteiger partial charge in [0.15, 0.2) is 0 Å². The molecule has 4 heteroatoms. The molecule has 4 nitrogen and oxygen atoms in total.